The minimum absolute atomic E-state index is 0.261. The van der Waals surface area contributed by atoms with Gasteiger partial charge in [-0.2, -0.15) is 0 Å². The van der Waals surface area contributed by atoms with E-state index >= 15 is 0 Å². The van der Waals surface area contributed by atoms with Crippen molar-refractivity contribution in [2.45, 2.75) is 71.8 Å². The molecule has 1 rings (SSSR count). The van der Waals surface area contributed by atoms with E-state index in [9.17, 15) is 0 Å². The average Bonchev–Trinajstić information content (AvgIpc) is 2.48. The van der Waals surface area contributed by atoms with Gasteiger partial charge in [-0.3, -0.25) is 4.90 Å². The largest absolute Gasteiger partial charge is 0.329 e. The molecule has 0 amide bonds. The van der Waals surface area contributed by atoms with Crippen LogP contribution in [0.3, 0.4) is 0 Å². The van der Waals surface area contributed by atoms with Crippen molar-refractivity contribution >= 4 is 0 Å². The number of likely N-dealkylation sites (N-methyl/N-ethyl adjacent to an activating group) is 1. The van der Waals surface area contributed by atoms with Crippen molar-refractivity contribution in [1.29, 1.82) is 0 Å². The molecule has 108 valence electrons. The highest BCUT2D eigenvalue weighted by atomic mass is 15.2. The lowest BCUT2D eigenvalue weighted by Gasteiger charge is -2.42. The summed E-state index contributed by atoms with van der Waals surface area (Å²) in [5.74, 6) is 0.773. The Bertz CT molecular complexity index is 249. The summed E-state index contributed by atoms with van der Waals surface area (Å²) in [6.07, 6.45) is 7.80. The summed E-state index contributed by atoms with van der Waals surface area (Å²) in [5, 5.41) is 0. The van der Waals surface area contributed by atoms with Crippen LogP contribution in [-0.2, 0) is 0 Å². The highest BCUT2D eigenvalue weighted by molar-refractivity contribution is 4.95. The van der Waals surface area contributed by atoms with E-state index in [1.807, 2.05) is 0 Å². The van der Waals surface area contributed by atoms with Gasteiger partial charge in [-0.1, -0.05) is 40.5 Å². The maximum atomic E-state index is 6.17. The van der Waals surface area contributed by atoms with Gasteiger partial charge in [0, 0.05) is 18.6 Å². The molecule has 18 heavy (non-hydrogen) atoms. The number of hydrogen-bond donors (Lipinski definition) is 1. The summed E-state index contributed by atoms with van der Waals surface area (Å²) in [7, 11) is 2.29. The molecular weight excluding hydrogens is 220 g/mol. The number of hydrogen-bond acceptors (Lipinski definition) is 2. The van der Waals surface area contributed by atoms with Gasteiger partial charge in [-0.15, -0.1) is 0 Å². The Morgan fingerprint density at radius 1 is 1.17 bits per heavy atom. The summed E-state index contributed by atoms with van der Waals surface area (Å²) in [4.78, 5) is 2.57. The van der Waals surface area contributed by atoms with Crippen molar-refractivity contribution in [3.8, 4) is 0 Å². The molecule has 2 heteroatoms. The molecule has 2 unspecified atom stereocenters. The highest BCUT2D eigenvalue weighted by Crippen LogP contribution is 2.40. The zero-order chi connectivity index (χ0) is 13.8. The van der Waals surface area contributed by atoms with E-state index in [0.29, 0.717) is 5.41 Å². The van der Waals surface area contributed by atoms with Crippen molar-refractivity contribution < 1.29 is 0 Å². The lowest BCUT2D eigenvalue weighted by atomic mass is 9.83. The second-order valence-electron chi connectivity index (χ2n) is 7.34. The van der Waals surface area contributed by atoms with E-state index in [2.05, 4.69) is 39.6 Å². The molecule has 2 atom stereocenters. The predicted octanol–water partition coefficient (Wildman–Crippen LogP) is 3.65. The molecule has 2 N–H and O–H groups in total. The van der Waals surface area contributed by atoms with Gasteiger partial charge < -0.3 is 5.73 Å². The second kappa shape index (κ2) is 6.38. The van der Waals surface area contributed by atoms with Gasteiger partial charge in [0.2, 0.25) is 0 Å². The maximum absolute atomic E-state index is 6.17. The SMILES string of the molecule is CCC(C)CN(C)C1(CN)CCCC(C)(C)CC1. The van der Waals surface area contributed by atoms with Crippen LogP contribution in [0.1, 0.15) is 66.2 Å². The third-order valence-electron chi connectivity index (χ3n) is 5.23. The van der Waals surface area contributed by atoms with E-state index in [0.717, 1.165) is 12.5 Å². The first-order valence-corrected chi connectivity index (χ1v) is 7.76. The van der Waals surface area contributed by atoms with Crippen LogP contribution < -0.4 is 5.73 Å². The van der Waals surface area contributed by atoms with Gasteiger partial charge in [0.15, 0.2) is 0 Å². The molecule has 1 fully saturated rings. The van der Waals surface area contributed by atoms with Crippen molar-refractivity contribution in [3.63, 3.8) is 0 Å². The Kier molecular flexibility index (Phi) is 5.67. The van der Waals surface area contributed by atoms with E-state index in [4.69, 9.17) is 5.73 Å². The second-order valence-corrected chi connectivity index (χ2v) is 7.34. The molecule has 0 bridgehead atoms. The fraction of sp³-hybridized carbons (Fsp3) is 1.00. The van der Waals surface area contributed by atoms with Crippen LogP contribution in [0.15, 0.2) is 0 Å². The fourth-order valence-corrected chi connectivity index (χ4v) is 3.25. The molecule has 0 aliphatic heterocycles. The summed E-state index contributed by atoms with van der Waals surface area (Å²) in [5.41, 5.74) is 6.94. The minimum Gasteiger partial charge on any atom is -0.329 e. The van der Waals surface area contributed by atoms with Gasteiger partial charge in [-0.05, 0) is 44.1 Å². The molecule has 2 nitrogen and oxygen atoms in total. The first-order chi connectivity index (χ1) is 8.35. The Labute approximate surface area is 114 Å². The maximum Gasteiger partial charge on any atom is 0.0329 e. The van der Waals surface area contributed by atoms with Crippen LogP contribution >= 0.6 is 0 Å². The van der Waals surface area contributed by atoms with Crippen LogP contribution in [0.5, 0.6) is 0 Å². The summed E-state index contributed by atoms with van der Waals surface area (Å²) >= 11 is 0. The van der Waals surface area contributed by atoms with Crippen molar-refractivity contribution in [2.24, 2.45) is 17.1 Å². The number of nitrogens with zero attached hydrogens (tertiary/aromatic N) is 1. The zero-order valence-electron chi connectivity index (χ0n) is 13.3. The normalized spacial score (nSPS) is 30.2. The van der Waals surface area contributed by atoms with Crippen LogP contribution in [0, 0.1) is 11.3 Å². The Balaban J connectivity index is 2.72. The van der Waals surface area contributed by atoms with E-state index < -0.39 is 0 Å². The Morgan fingerprint density at radius 3 is 2.39 bits per heavy atom. The quantitative estimate of drug-likeness (QED) is 0.759. The molecule has 0 spiro atoms. The lowest BCUT2D eigenvalue weighted by molar-refractivity contribution is 0.0880. The van der Waals surface area contributed by atoms with Crippen LogP contribution in [0.25, 0.3) is 0 Å². The first kappa shape index (κ1) is 16.0. The molecular formula is C16H34N2. The standard InChI is InChI=1S/C16H34N2/c1-6-14(2)12-18(5)16(13-17)9-7-8-15(3,4)10-11-16/h14H,6-13,17H2,1-5H3. The highest BCUT2D eigenvalue weighted by Gasteiger charge is 2.37. The molecule has 1 saturated carbocycles. The Morgan fingerprint density at radius 2 is 1.83 bits per heavy atom. The van der Waals surface area contributed by atoms with Gasteiger partial charge in [0.25, 0.3) is 0 Å². The van der Waals surface area contributed by atoms with Gasteiger partial charge in [-0.25, -0.2) is 0 Å². The molecule has 0 heterocycles. The molecule has 1 aliphatic rings. The van der Waals surface area contributed by atoms with Gasteiger partial charge in [0.05, 0.1) is 0 Å². The molecule has 0 aromatic carbocycles. The van der Waals surface area contributed by atoms with Crippen LogP contribution in [0.4, 0.5) is 0 Å². The number of rotatable bonds is 5. The smallest absolute Gasteiger partial charge is 0.0329 e. The van der Waals surface area contributed by atoms with Crippen LogP contribution in [0.2, 0.25) is 0 Å². The van der Waals surface area contributed by atoms with Crippen molar-refractivity contribution in [3.05, 3.63) is 0 Å². The Hall–Kier alpha value is -0.0800. The first-order valence-electron chi connectivity index (χ1n) is 7.76. The van der Waals surface area contributed by atoms with Crippen LogP contribution in [-0.4, -0.2) is 30.6 Å². The monoisotopic (exact) mass is 254 g/mol. The topological polar surface area (TPSA) is 29.3 Å². The number of nitrogens with two attached hydrogens (primary N) is 1. The van der Waals surface area contributed by atoms with Crippen molar-refractivity contribution in [1.82, 2.24) is 4.90 Å². The predicted molar refractivity (Wildman–Crippen MR) is 80.7 cm³/mol. The van der Waals surface area contributed by atoms with Gasteiger partial charge >= 0.3 is 0 Å². The average molecular weight is 254 g/mol. The summed E-state index contributed by atoms with van der Waals surface area (Å²) < 4.78 is 0. The minimum atomic E-state index is 0.261. The summed E-state index contributed by atoms with van der Waals surface area (Å²) in [6.45, 7) is 11.5. The lowest BCUT2D eigenvalue weighted by Crippen LogP contribution is -2.53. The van der Waals surface area contributed by atoms with Gasteiger partial charge in [0.1, 0.15) is 0 Å². The van der Waals surface area contributed by atoms with E-state index in [1.54, 1.807) is 0 Å². The third kappa shape index (κ3) is 3.96. The van der Waals surface area contributed by atoms with E-state index in [-0.39, 0.29) is 5.54 Å². The molecule has 0 saturated heterocycles. The van der Waals surface area contributed by atoms with Crippen molar-refractivity contribution in [2.75, 3.05) is 20.1 Å². The van der Waals surface area contributed by atoms with E-state index in [1.165, 1.54) is 45.1 Å². The zero-order valence-corrected chi connectivity index (χ0v) is 13.3. The molecule has 0 aromatic rings. The third-order valence-corrected chi connectivity index (χ3v) is 5.23. The fourth-order valence-electron chi connectivity index (χ4n) is 3.25. The molecule has 0 radical (unpaired) electrons. The molecule has 0 aromatic heterocycles. The summed E-state index contributed by atoms with van der Waals surface area (Å²) in [6, 6.07) is 0. The molecule has 1 aliphatic carbocycles.